The zero-order valence-corrected chi connectivity index (χ0v) is 12.9. The molecule has 0 bridgehead atoms. The number of hydrogen-bond acceptors (Lipinski definition) is 3. The molecule has 1 saturated carbocycles. The van der Waals surface area contributed by atoms with Crippen molar-refractivity contribution in [2.24, 2.45) is 5.41 Å². The van der Waals surface area contributed by atoms with Crippen LogP contribution in [0.3, 0.4) is 0 Å². The molecule has 0 aromatic carbocycles. The van der Waals surface area contributed by atoms with Gasteiger partial charge >= 0.3 is 0 Å². The van der Waals surface area contributed by atoms with Crippen LogP contribution in [0, 0.1) is 5.41 Å². The molecule has 4 heteroatoms. The maximum Gasteiger partial charge on any atom is 0.229 e. The Morgan fingerprint density at radius 1 is 1.05 bits per heavy atom. The van der Waals surface area contributed by atoms with E-state index in [1.165, 1.54) is 43.4 Å². The summed E-state index contributed by atoms with van der Waals surface area (Å²) >= 11 is 0. The Kier molecular flexibility index (Phi) is 5.19. The van der Waals surface area contributed by atoms with Gasteiger partial charge in [0, 0.05) is 32.0 Å². The molecule has 2 rings (SSSR count). The monoisotopic (exact) mass is 280 g/mol. The first kappa shape index (κ1) is 15.5. The van der Waals surface area contributed by atoms with E-state index < -0.39 is 0 Å². The molecule has 0 radical (unpaired) electrons. The second-order valence-electron chi connectivity index (χ2n) is 7.10. The van der Waals surface area contributed by atoms with Crippen LogP contribution in [0.5, 0.6) is 0 Å². The maximum absolute atomic E-state index is 12.0. The number of piperidine rings is 1. The number of hydrogen-bond donors (Lipinski definition) is 1. The first-order chi connectivity index (χ1) is 9.48. The number of nitrogens with one attached hydrogen (secondary N) is 1. The van der Waals surface area contributed by atoms with Crippen LogP contribution >= 0.6 is 0 Å². The Balaban J connectivity index is 1.76. The van der Waals surface area contributed by atoms with Crippen molar-refractivity contribution in [2.45, 2.75) is 71.3 Å². The fraction of sp³-hybridized carbons (Fsp3) is 0.875. The maximum atomic E-state index is 12.0. The summed E-state index contributed by atoms with van der Waals surface area (Å²) in [5.74, 6) is -0.0113. The zero-order valence-electron chi connectivity index (χ0n) is 12.9. The lowest BCUT2D eigenvalue weighted by Gasteiger charge is -2.35. The second kappa shape index (κ2) is 6.70. The summed E-state index contributed by atoms with van der Waals surface area (Å²) in [5, 5.41) is 3.52. The highest BCUT2D eigenvalue weighted by molar-refractivity contribution is 5.98. The van der Waals surface area contributed by atoms with Gasteiger partial charge in [0.2, 0.25) is 11.8 Å². The minimum Gasteiger partial charge on any atom is -0.312 e. The molecule has 1 saturated heterocycles. The quantitative estimate of drug-likeness (QED) is 0.636. The molecule has 2 fully saturated rings. The van der Waals surface area contributed by atoms with Gasteiger partial charge in [-0.1, -0.05) is 39.5 Å². The van der Waals surface area contributed by atoms with Crippen molar-refractivity contribution in [3.8, 4) is 0 Å². The molecule has 1 aliphatic heterocycles. The molecule has 1 N–H and O–H groups in total. The van der Waals surface area contributed by atoms with Gasteiger partial charge in [-0.05, 0) is 18.3 Å². The predicted molar refractivity (Wildman–Crippen MR) is 79.2 cm³/mol. The third-order valence-electron chi connectivity index (χ3n) is 4.49. The largest absolute Gasteiger partial charge is 0.312 e. The van der Waals surface area contributed by atoms with Crippen molar-refractivity contribution >= 4 is 11.8 Å². The molecule has 0 aromatic heterocycles. The highest BCUT2D eigenvalue weighted by Crippen LogP contribution is 2.31. The van der Waals surface area contributed by atoms with Crippen molar-refractivity contribution in [1.82, 2.24) is 10.2 Å². The summed E-state index contributed by atoms with van der Waals surface area (Å²) in [5.41, 5.74) is -0.167. The Hall–Kier alpha value is -0.900. The van der Waals surface area contributed by atoms with Gasteiger partial charge in [-0.3, -0.25) is 14.5 Å². The van der Waals surface area contributed by atoms with Gasteiger partial charge in [0.15, 0.2) is 0 Å². The van der Waals surface area contributed by atoms with Crippen LogP contribution in [0.25, 0.3) is 0 Å². The fourth-order valence-electron chi connectivity index (χ4n) is 3.32. The standard InChI is InChI=1S/C16H28N2O2/c1-16(2)11-14(19)18(15(20)12-16)10-9-17-13-7-5-3-4-6-8-13/h13,17H,3-12H2,1-2H3. The molecular formula is C16H28N2O2. The Bertz CT molecular complexity index is 337. The normalized spacial score (nSPS) is 24.8. The number of likely N-dealkylation sites (tertiary alicyclic amines) is 1. The molecule has 1 aliphatic carbocycles. The van der Waals surface area contributed by atoms with Crippen molar-refractivity contribution < 1.29 is 9.59 Å². The fourth-order valence-corrected chi connectivity index (χ4v) is 3.32. The van der Waals surface area contributed by atoms with Gasteiger partial charge in [0.25, 0.3) is 0 Å². The molecule has 0 atom stereocenters. The van der Waals surface area contributed by atoms with E-state index in [1.807, 2.05) is 13.8 Å². The van der Waals surface area contributed by atoms with E-state index in [1.54, 1.807) is 0 Å². The summed E-state index contributed by atoms with van der Waals surface area (Å²) in [6, 6.07) is 0.573. The smallest absolute Gasteiger partial charge is 0.229 e. The number of imide groups is 1. The molecule has 0 aromatic rings. The van der Waals surface area contributed by atoms with Gasteiger partial charge < -0.3 is 5.32 Å². The molecule has 4 nitrogen and oxygen atoms in total. The third kappa shape index (κ3) is 4.30. The molecule has 0 spiro atoms. The van der Waals surface area contributed by atoms with Crippen LogP contribution in [0.2, 0.25) is 0 Å². The topological polar surface area (TPSA) is 49.4 Å². The highest BCUT2D eigenvalue weighted by atomic mass is 16.2. The Morgan fingerprint density at radius 3 is 2.15 bits per heavy atom. The van der Waals surface area contributed by atoms with Crippen LogP contribution in [0.1, 0.15) is 65.2 Å². The number of rotatable bonds is 4. The third-order valence-corrected chi connectivity index (χ3v) is 4.49. The lowest BCUT2D eigenvalue weighted by atomic mass is 9.82. The van der Waals surface area contributed by atoms with Crippen molar-refractivity contribution in [1.29, 1.82) is 0 Å². The number of amides is 2. The van der Waals surface area contributed by atoms with Crippen LogP contribution in [-0.4, -0.2) is 35.8 Å². The van der Waals surface area contributed by atoms with Crippen LogP contribution < -0.4 is 5.32 Å². The molecular weight excluding hydrogens is 252 g/mol. The van der Waals surface area contributed by atoms with Gasteiger partial charge in [-0.25, -0.2) is 0 Å². The second-order valence-corrected chi connectivity index (χ2v) is 7.10. The van der Waals surface area contributed by atoms with Gasteiger partial charge in [0.1, 0.15) is 0 Å². The van der Waals surface area contributed by atoms with E-state index >= 15 is 0 Å². The molecule has 114 valence electrons. The van der Waals surface area contributed by atoms with Crippen LogP contribution in [0.4, 0.5) is 0 Å². The lowest BCUT2D eigenvalue weighted by molar-refractivity contribution is -0.152. The summed E-state index contributed by atoms with van der Waals surface area (Å²) in [6.45, 7) is 5.25. The molecule has 2 amide bonds. The minimum atomic E-state index is -0.167. The van der Waals surface area contributed by atoms with E-state index in [9.17, 15) is 9.59 Å². The molecule has 20 heavy (non-hydrogen) atoms. The van der Waals surface area contributed by atoms with Crippen molar-refractivity contribution in [3.05, 3.63) is 0 Å². The summed E-state index contributed by atoms with van der Waals surface area (Å²) in [4.78, 5) is 25.5. The van der Waals surface area contributed by atoms with Crippen molar-refractivity contribution in [3.63, 3.8) is 0 Å². The van der Waals surface area contributed by atoms with Gasteiger partial charge in [-0.2, -0.15) is 0 Å². The van der Waals surface area contributed by atoms with E-state index in [0.29, 0.717) is 25.4 Å². The SMILES string of the molecule is CC1(C)CC(=O)N(CCNC2CCCCCC2)C(=O)C1. The molecule has 0 unspecified atom stereocenters. The minimum absolute atomic E-state index is 0.00563. The van der Waals surface area contributed by atoms with E-state index in [4.69, 9.17) is 0 Å². The van der Waals surface area contributed by atoms with E-state index in [2.05, 4.69) is 5.32 Å². The van der Waals surface area contributed by atoms with Crippen LogP contribution in [-0.2, 0) is 9.59 Å². The average molecular weight is 280 g/mol. The Labute approximate surface area is 122 Å². The van der Waals surface area contributed by atoms with Gasteiger partial charge in [0.05, 0.1) is 0 Å². The van der Waals surface area contributed by atoms with Gasteiger partial charge in [-0.15, -0.1) is 0 Å². The lowest BCUT2D eigenvalue weighted by Crippen LogP contribution is -2.49. The zero-order chi connectivity index (χ0) is 14.6. The van der Waals surface area contributed by atoms with E-state index in [-0.39, 0.29) is 17.2 Å². The first-order valence-electron chi connectivity index (χ1n) is 8.04. The van der Waals surface area contributed by atoms with Crippen molar-refractivity contribution in [2.75, 3.05) is 13.1 Å². The first-order valence-corrected chi connectivity index (χ1v) is 8.04. The van der Waals surface area contributed by atoms with E-state index in [0.717, 1.165) is 6.54 Å². The summed E-state index contributed by atoms with van der Waals surface area (Å²) in [6.07, 6.45) is 8.72. The average Bonchev–Trinajstić information content (AvgIpc) is 2.60. The molecule has 1 heterocycles. The van der Waals surface area contributed by atoms with Crippen LogP contribution in [0.15, 0.2) is 0 Å². The number of carbonyl (C=O) groups excluding carboxylic acids is 2. The Morgan fingerprint density at radius 2 is 1.60 bits per heavy atom. The summed E-state index contributed by atoms with van der Waals surface area (Å²) < 4.78 is 0. The number of carbonyl (C=O) groups is 2. The number of nitrogens with zero attached hydrogens (tertiary/aromatic N) is 1. The molecule has 2 aliphatic rings. The highest BCUT2D eigenvalue weighted by Gasteiger charge is 2.36. The predicted octanol–water partition coefficient (Wildman–Crippen LogP) is 2.47. The summed E-state index contributed by atoms with van der Waals surface area (Å²) in [7, 11) is 0.